The standard InChI is InChI=1S/C10H14ClN3O4S/c11-10-12-5-7(9(15)16)8(14-10)13-6-1-3-19(17,18)4-2-6/h5-6,17-18H,1-4H2,(H,15,16)(H,12,13,14). The van der Waals surface area contributed by atoms with Crippen LogP contribution in [0.2, 0.25) is 5.28 Å². The lowest BCUT2D eigenvalue weighted by atomic mass is 10.1. The summed E-state index contributed by atoms with van der Waals surface area (Å²) in [6, 6.07) is -0.0519. The number of halogens is 1. The fourth-order valence-corrected chi connectivity index (χ4v) is 3.53. The first-order chi connectivity index (χ1) is 8.87. The second-order valence-electron chi connectivity index (χ2n) is 4.34. The van der Waals surface area contributed by atoms with E-state index >= 15 is 0 Å². The van der Waals surface area contributed by atoms with Gasteiger partial charge in [-0.05, 0) is 24.4 Å². The van der Waals surface area contributed by atoms with Crippen molar-refractivity contribution in [2.75, 3.05) is 16.8 Å². The van der Waals surface area contributed by atoms with Gasteiger partial charge in [0.15, 0.2) is 0 Å². The lowest BCUT2D eigenvalue weighted by Crippen LogP contribution is -2.31. The zero-order chi connectivity index (χ0) is 14.0. The highest BCUT2D eigenvalue weighted by molar-refractivity contribution is 8.24. The fourth-order valence-electron chi connectivity index (χ4n) is 1.87. The molecule has 2 heterocycles. The predicted octanol–water partition coefficient (Wildman–Crippen LogP) is 2.15. The number of aromatic carboxylic acids is 1. The van der Waals surface area contributed by atoms with Crippen LogP contribution < -0.4 is 5.32 Å². The maximum Gasteiger partial charge on any atom is 0.341 e. The highest BCUT2D eigenvalue weighted by atomic mass is 35.5. The Morgan fingerprint density at radius 2 is 2.05 bits per heavy atom. The number of aromatic nitrogens is 2. The Labute approximate surface area is 116 Å². The molecule has 0 aliphatic carbocycles. The van der Waals surface area contributed by atoms with Crippen LogP contribution in [0.4, 0.5) is 5.82 Å². The minimum atomic E-state index is -2.46. The van der Waals surface area contributed by atoms with Crippen LogP contribution >= 0.6 is 22.2 Å². The molecule has 1 aliphatic rings. The van der Waals surface area contributed by atoms with E-state index in [-0.39, 0.29) is 22.7 Å². The molecule has 9 heteroatoms. The average molecular weight is 308 g/mol. The SMILES string of the molecule is O=C(O)c1cnc(Cl)nc1NC1CCS(O)(O)CC1. The third-order valence-corrected chi connectivity index (χ3v) is 4.88. The van der Waals surface area contributed by atoms with Crippen molar-refractivity contribution < 1.29 is 19.0 Å². The van der Waals surface area contributed by atoms with E-state index in [2.05, 4.69) is 15.3 Å². The van der Waals surface area contributed by atoms with Crippen molar-refractivity contribution in [3.63, 3.8) is 0 Å². The molecule has 1 aromatic rings. The van der Waals surface area contributed by atoms with Crippen LogP contribution in [0.3, 0.4) is 0 Å². The number of hydrogen-bond donors (Lipinski definition) is 4. The molecular weight excluding hydrogens is 294 g/mol. The summed E-state index contributed by atoms with van der Waals surface area (Å²) in [5.74, 6) is -0.354. The maximum absolute atomic E-state index is 11.0. The molecule has 1 aliphatic heterocycles. The van der Waals surface area contributed by atoms with Crippen molar-refractivity contribution in [3.05, 3.63) is 17.0 Å². The van der Waals surface area contributed by atoms with E-state index < -0.39 is 16.6 Å². The second kappa shape index (κ2) is 5.49. The Kier molecular flexibility index (Phi) is 4.14. The van der Waals surface area contributed by atoms with Crippen LogP contribution in [0, 0.1) is 0 Å². The van der Waals surface area contributed by atoms with Gasteiger partial charge in [0.1, 0.15) is 11.4 Å². The van der Waals surface area contributed by atoms with E-state index in [9.17, 15) is 13.9 Å². The Bertz CT molecular complexity index is 490. The molecule has 0 saturated carbocycles. The number of hydrogen-bond acceptors (Lipinski definition) is 6. The topological polar surface area (TPSA) is 116 Å². The number of carboxylic acids is 1. The second-order valence-corrected chi connectivity index (χ2v) is 7.09. The summed E-state index contributed by atoms with van der Waals surface area (Å²) in [6.07, 6.45) is 2.24. The molecule has 19 heavy (non-hydrogen) atoms. The quantitative estimate of drug-likeness (QED) is 0.632. The molecule has 4 N–H and O–H groups in total. The fraction of sp³-hybridized carbons (Fsp3) is 0.500. The molecule has 1 saturated heterocycles. The lowest BCUT2D eigenvalue weighted by molar-refractivity contribution is 0.0697. The molecule has 0 aromatic carbocycles. The molecule has 7 nitrogen and oxygen atoms in total. The van der Waals surface area contributed by atoms with Gasteiger partial charge in [-0.3, -0.25) is 9.11 Å². The van der Waals surface area contributed by atoms with Gasteiger partial charge >= 0.3 is 5.97 Å². The van der Waals surface area contributed by atoms with Crippen molar-refractivity contribution in [2.24, 2.45) is 0 Å². The maximum atomic E-state index is 11.0. The molecule has 1 fully saturated rings. The van der Waals surface area contributed by atoms with E-state index in [1.807, 2.05) is 0 Å². The van der Waals surface area contributed by atoms with E-state index in [4.69, 9.17) is 16.7 Å². The number of carbonyl (C=O) groups is 1. The summed E-state index contributed by atoms with van der Waals surface area (Å²) in [6.45, 7) is 0. The first-order valence-corrected chi connectivity index (χ1v) is 7.90. The zero-order valence-corrected chi connectivity index (χ0v) is 11.5. The number of rotatable bonds is 3. The van der Waals surface area contributed by atoms with Gasteiger partial charge in [0, 0.05) is 23.7 Å². The summed E-state index contributed by atoms with van der Waals surface area (Å²) in [7, 11) is -2.46. The largest absolute Gasteiger partial charge is 0.477 e. The van der Waals surface area contributed by atoms with Crippen LogP contribution in [-0.4, -0.2) is 47.7 Å². The third-order valence-electron chi connectivity index (χ3n) is 2.92. The van der Waals surface area contributed by atoms with Gasteiger partial charge in [-0.1, -0.05) is 0 Å². The van der Waals surface area contributed by atoms with Crippen molar-refractivity contribution in [1.82, 2.24) is 9.97 Å². The van der Waals surface area contributed by atoms with Crippen LogP contribution in [0.15, 0.2) is 6.20 Å². The monoisotopic (exact) mass is 307 g/mol. The Hall–Kier alpha value is -1.09. The van der Waals surface area contributed by atoms with E-state index in [0.717, 1.165) is 6.20 Å². The molecule has 0 radical (unpaired) electrons. The normalized spacial score (nSPS) is 20.8. The first-order valence-electron chi connectivity index (χ1n) is 5.63. The van der Waals surface area contributed by atoms with Gasteiger partial charge in [0.25, 0.3) is 0 Å². The van der Waals surface area contributed by atoms with Crippen LogP contribution in [-0.2, 0) is 0 Å². The minimum absolute atomic E-state index is 0.0346. The highest BCUT2D eigenvalue weighted by Crippen LogP contribution is 2.44. The molecule has 0 unspecified atom stereocenters. The number of anilines is 1. The number of nitrogens with one attached hydrogen (secondary N) is 1. The van der Waals surface area contributed by atoms with E-state index in [1.165, 1.54) is 0 Å². The number of carboxylic acid groups (broad SMARTS) is 1. The Balaban J connectivity index is 2.11. The molecule has 106 valence electrons. The van der Waals surface area contributed by atoms with Crippen LogP contribution in [0.25, 0.3) is 0 Å². The van der Waals surface area contributed by atoms with Gasteiger partial charge in [-0.15, -0.1) is 0 Å². The third kappa shape index (κ3) is 3.69. The predicted molar refractivity (Wildman–Crippen MR) is 73.2 cm³/mol. The average Bonchev–Trinajstić information content (AvgIpc) is 2.31. The summed E-state index contributed by atoms with van der Waals surface area (Å²) < 4.78 is 19.0. The van der Waals surface area contributed by atoms with Gasteiger partial charge in [0.2, 0.25) is 5.28 Å². The van der Waals surface area contributed by atoms with Crippen molar-refractivity contribution >= 4 is 34.0 Å². The summed E-state index contributed by atoms with van der Waals surface area (Å²) >= 11 is 5.65. The molecule has 0 spiro atoms. The smallest absolute Gasteiger partial charge is 0.341 e. The van der Waals surface area contributed by atoms with Gasteiger partial charge in [0.05, 0.1) is 0 Å². The summed E-state index contributed by atoms with van der Waals surface area (Å²) in [5, 5.41) is 12.0. The molecular formula is C10H14ClN3O4S. The molecule has 0 amide bonds. The van der Waals surface area contributed by atoms with Crippen LogP contribution in [0.5, 0.6) is 0 Å². The van der Waals surface area contributed by atoms with Crippen LogP contribution in [0.1, 0.15) is 23.2 Å². The lowest BCUT2D eigenvalue weighted by Gasteiger charge is -2.39. The number of nitrogens with zero attached hydrogens (tertiary/aromatic N) is 2. The van der Waals surface area contributed by atoms with Crippen molar-refractivity contribution in [3.8, 4) is 0 Å². The molecule has 0 bridgehead atoms. The van der Waals surface area contributed by atoms with Gasteiger partial charge in [-0.25, -0.2) is 9.78 Å². The van der Waals surface area contributed by atoms with E-state index in [0.29, 0.717) is 24.3 Å². The molecule has 1 aromatic heterocycles. The Morgan fingerprint density at radius 3 is 2.63 bits per heavy atom. The highest BCUT2D eigenvalue weighted by Gasteiger charge is 2.25. The van der Waals surface area contributed by atoms with Gasteiger partial charge < -0.3 is 10.4 Å². The summed E-state index contributed by atoms with van der Waals surface area (Å²) in [5.41, 5.74) is -0.0541. The van der Waals surface area contributed by atoms with E-state index in [1.54, 1.807) is 0 Å². The molecule has 0 atom stereocenters. The summed E-state index contributed by atoms with van der Waals surface area (Å²) in [4.78, 5) is 18.5. The first kappa shape index (κ1) is 14.3. The zero-order valence-electron chi connectivity index (χ0n) is 9.91. The minimum Gasteiger partial charge on any atom is -0.477 e. The van der Waals surface area contributed by atoms with Crippen molar-refractivity contribution in [1.29, 1.82) is 0 Å². The van der Waals surface area contributed by atoms with Gasteiger partial charge in [-0.2, -0.15) is 15.6 Å². The Morgan fingerprint density at radius 1 is 1.42 bits per heavy atom. The van der Waals surface area contributed by atoms with Crippen molar-refractivity contribution in [2.45, 2.75) is 18.9 Å². The molecule has 2 rings (SSSR count).